The Balaban J connectivity index is 1.79. The molecule has 2 N–H and O–H groups in total. The first-order valence-electron chi connectivity index (χ1n) is 7.20. The second kappa shape index (κ2) is 6.69. The van der Waals surface area contributed by atoms with Crippen molar-refractivity contribution < 1.29 is 4.79 Å². The number of rotatable bonds is 5. The van der Waals surface area contributed by atoms with Crippen molar-refractivity contribution in [1.82, 2.24) is 25.4 Å². The van der Waals surface area contributed by atoms with Crippen molar-refractivity contribution in [2.24, 2.45) is 5.92 Å². The smallest absolute Gasteiger partial charge is 0.237 e. The molecule has 7 heteroatoms. The van der Waals surface area contributed by atoms with E-state index < -0.39 is 0 Å². The van der Waals surface area contributed by atoms with Crippen molar-refractivity contribution in [2.45, 2.75) is 26.8 Å². The van der Waals surface area contributed by atoms with Crippen LogP contribution >= 0.6 is 0 Å². The van der Waals surface area contributed by atoms with Crippen LogP contribution in [0.25, 0.3) is 0 Å². The Bertz CT molecular complexity index is 411. The van der Waals surface area contributed by atoms with Crippen LogP contribution in [-0.2, 0) is 4.79 Å². The third kappa shape index (κ3) is 3.69. The first kappa shape index (κ1) is 14.8. The van der Waals surface area contributed by atoms with E-state index in [0.29, 0.717) is 5.92 Å². The molecule has 2 heterocycles. The first-order valence-corrected chi connectivity index (χ1v) is 7.20. The largest absolute Gasteiger partial charge is 0.354 e. The van der Waals surface area contributed by atoms with Gasteiger partial charge in [0.25, 0.3) is 0 Å². The summed E-state index contributed by atoms with van der Waals surface area (Å²) in [5.41, 5.74) is 0. The van der Waals surface area contributed by atoms with E-state index in [-0.39, 0.29) is 11.9 Å². The van der Waals surface area contributed by atoms with Gasteiger partial charge in [-0.15, -0.1) is 0 Å². The lowest BCUT2D eigenvalue weighted by Gasteiger charge is -2.37. The van der Waals surface area contributed by atoms with Crippen LogP contribution in [0, 0.1) is 5.92 Å². The molecule has 0 spiro atoms. The third-order valence-electron chi connectivity index (χ3n) is 3.63. The fourth-order valence-corrected chi connectivity index (χ4v) is 2.29. The average Bonchev–Trinajstić information content (AvgIpc) is 2.98. The van der Waals surface area contributed by atoms with Gasteiger partial charge in [0.05, 0.1) is 6.04 Å². The Kier molecular flexibility index (Phi) is 4.94. The summed E-state index contributed by atoms with van der Waals surface area (Å²) < 4.78 is 0. The van der Waals surface area contributed by atoms with E-state index in [9.17, 15) is 4.79 Å². The number of nitrogens with zero attached hydrogens (tertiary/aromatic N) is 4. The number of hydrogen-bond donors (Lipinski definition) is 2. The van der Waals surface area contributed by atoms with E-state index in [1.54, 1.807) is 0 Å². The normalized spacial score (nSPS) is 18.3. The standard InChI is InChI=1S/C13H24N6O/c1-10(2)8-14-12(20)11(3)18-4-6-19(7-5-18)13-15-9-16-17-13/h9-11H,4-8H2,1-3H3,(H,14,20)(H,15,16,17)/t11-/m1/s1. The Labute approximate surface area is 119 Å². The average molecular weight is 280 g/mol. The third-order valence-corrected chi connectivity index (χ3v) is 3.63. The van der Waals surface area contributed by atoms with E-state index >= 15 is 0 Å². The summed E-state index contributed by atoms with van der Waals surface area (Å²) in [5, 5.41) is 9.73. The topological polar surface area (TPSA) is 77.2 Å². The summed E-state index contributed by atoms with van der Waals surface area (Å²) in [6.07, 6.45) is 1.52. The van der Waals surface area contributed by atoms with Gasteiger partial charge in [0.1, 0.15) is 6.33 Å². The highest BCUT2D eigenvalue weighted by Gasteiger charge is 2.26. The Hall–Kier alpha value is -1.63. The molecule has 1 amide bonds. The van der Waals surface area contributed by atoms with Crippen LogP contribution in [0.5, 0.6) is 0 Å². The van der Waals surface area contributed by atoms with Crippen LogP contribution in [0.3, 0.4) is 0 Å². The number of anilines is 1. The van der Waals surface area contributed by atoms with Gasteiger partial charge in [0.15, 0.2) is 0 Å². The molecule has 1 aliphatic rings. The fourth-order valence-electron chi connectivity index (χ4n) is 2.29. The highest BCUT2D eigenvalue weighted by Crippen LogP contribution is 2.11. The van der Waals surface area contributed by atoms with Crippen molar-refractivity contribution in [3.05, 3.63) is 6.33 Å². The zero-order valence-electron chi connectivity index (χ0n) is 12.5. The van der Waals surface area contributed by atoms with Gasteiger partial charge in [-0.1, -0.05) is 13.8 Å². The number of H-pyrrole nitrogens is 1. The zero-order chi connectivity index (χ0) is 14.5. The van der Waals surface area contributed by atoms with Crippen LogP contribution in [-0.4, -0.2) is 64.8 Å². The minimum Gasteiger partial charge on any atom is -0.354 e. The summed E-state index contributed by atoms with van der Waals surface area (Å²) in [6, 6.07) is -0.0781. The van der Waals surface area contributed by atoms with Crippen molar-refractivity contribution in [3.63, 3.8) is 0 Å². The van der Waals surface area contributed by atoms with Gasteiger partial charge >= 0.3 is 0 Å². The molecule has 0 aromatic carbocycles. The second-order valence-corrected chi connectivity index (χ2v) is 5.65. The van der Waals surface area contributed by atoms with Crippen molar-refractivity contribution in [1.29, 1.82) is 0 Å². The van der Waals surface area contributed by atoms with E-state index in [1.165, 1.54) is 6.33 Å². The quantitative estimate of drug-likeness (QED) is 0.799. The minimum absolute atomic E-state index is 0.0781. The molecular weight excluding hydrogens is 256 g/mol. The molecule has 1 aliphatic heterocycles. The van der Waals surface area contributed by atoms with Gasteiger partial charge in [-0.2, -0.15) is 10.1 Å². The zero-order valence-corrected chi connectivity index (χ0v) is 12.5. The number of aromatic nitrogens is 3. The van der Waals surface area contributed by atoms with Crippen LogP contribution in [0.1, 0.15) is 20.8 Å². The second-order valence-electron chi connectivity index (χ2n) is 5.65. The molecule has 1 aromatic rings. The molecular formula is C13H24N6O. The van der Waals surface area contributed by atoms with Gasteiger partial charge in [0, 0.05) is 32.7 Å². The van der Waals surface area contributed by atoms with Crippen molar-refractivity contribution in [2.75, 3.05) is 37.6 Å². The molecule has 0 aliphatic carbocycles. The molecule has 1 saturated heterocycles. The van der Waals surface area contributed by atoms with Crippen molar-refractivity contribution in [3.8, 4) is 0 Å². The maximum Gasteiger partial charge on any atom is 0.237 e. The number of amides is 1. The lowest BCUT2D eigenvalue weighted by atomic mass is 10.2. The molecule has 2 rings (SSSR count). The first-order chi connectivity index (χ1) is 9.58. The Morgan fingerprint density at radius 1 is 1.35 bits per heavy atom. The monoisotopic (exact) mass is 280 g/mol. The summed E-state index contributed by atoms with van der Waals surface area (Å²) in [7, 11) is 0. The van der Waals surface area contributed by atoms with Gasteiger partial charge in [-0.25, -0.2) is 5.10 Å². The van der Waals surface area contributed by atoms with Gasteiger partial charge in [0.2, 0.25) is 11.9 Å². The number of carbonyl (C=O) groups is 1. The summed E-state index contributed by atoms with van der Waals surface area (Å²) in [6.45, 7) is 10.3. The highest BCUT2D eigenvalue weighted by molar-refractivity contribution is 5.81. The van der Waals surface area contributed by atoms with Crippen molar-refractivity contribution >= 4 is 11.9 Å². The fraction of sp³-hybridized carbons (Fsp3) is 0.769. The maximum atomic E-state index is 12.1. The molecule has 0 saturated carbocycles. The molecule has 1 atom stereocenters. The summed E-state index contributed by atoms with van der Waals surface area (Å²) in [4.78, 5) is 20.6. The minimum atomic E-state index is -0.0781. The molecule has 0 bridgehead atoms. The molecule has 0 radical (unpaired) electrons. The number of carbonyl (C=O) groups excluding carboxylic acids is 1. The van der Waals surface area contributed by atoms with Gasteiger partial charge in [-0.05, 0) is 12.8 Å². The molecule has 1 aromatic heterocycles. The number of piperazine rings is 1. The number of nitrogens with one attached hydrogen (secondary N) is 2. The highest BCUT2D eigenvalue weighted by atomic mass is 16.2. The van der Waals surface area contributed by atoms with Gasteiger partial charge < -0.3 is 10.2 Å². The van der Waals surface area contributed by atoms with Crippen LogP contribution in [0.2, 0.25) is 0 Å². The van der Waals surface area contributed by atoms with Crippen LogP contribution < -0.4 is 10.2 Å². The molecule has 20 heavy (non-hydrogen) atoms. The van der Waals surface area contributed by atoms with Crippen LogP contribution in [0.15, 0.2) is 6.33 Å². The lowest BCUT2D eigenvalue weighted by molar-refractivity contribution is -0.126. The van der Waals surface area contributed by atoms with E-state index in [0.717, 1.165) is 38.7 Å². The van der Waals surface area contributed by atoms with E-state index in [4.69, 9.17) is 0 Å². The maximum absolute atomic E-state index is 12.1. The number of aromatic amines is 1. The molecule has 0 unspecified atom stereocenters. The Morgan fingerprint density at radius 3 is 2.60 bits per heavy atom. The Morgan fingerprint density at radius 2 is 2.05 bits per heavy atom. The molecule has 112 valence electrons. The predicted molar refractivity (Wildman–Crippen MR) is 77.5 cm³/mol. The predicted octanol–water partition coefficient (Wildman–Crippen LogP) is 0.0874. The summed E-state index contributed by atoms with van der Waals surface area (Å²) in [5.74, 6) is 1.41. The summed E-state index contributed by atoms with van der Waals surface area (Å²) >= 11 is 0. The lowest BCUT2D eigenvalue weighted by Crippen LogP contribution is -2.54. The van der Waals surface area contributed by atoms with Gasteiger partial charge in [-0.3, -0.25) is 9.69 Å². The van der Waals surface area contributed by atoms with E-state index in [2.05, 4.69) is 44.1 Å². The number of hydrogen-bond acceptors (Lipinski definition) is 5. The molecule has 1 fully saturated rings. The van der Waals surface area contributed by atoms with E-state index in [1.807, 2.05) is 6.92 Å². The van der Waals surface area contributed by atoms with Crippen LogP contribution in [0.4, 0.5) is 5.95 Å². The SMILES string of the molecule is CC(C)CNC(=O)[C@@H](C)N1CCN(c2ncn[nH]2)CC1. The molecule has 7 nitrogen and oxygen atoms in total.